The molecule has 0 aliphatic carbocycles. The molecule has 2 heterocycles. The van der Waals surface area contributed by atoms with Gasteiger partial charge in [-0.15, -0.1) is 0 Å². The molecule has 3 rings (SSSR count). The average molecular weight is 357 g/mol. The number of rotatable bonds is 6. The van der Waals surface area contributed by atoms with E-state index in [9.17, 15) is 9.59 Å². The molecule has 0 saturated carbocycles. The van der Waals surface area contributed by atoms with Crippen LogP contribution in [0.25, 0.3) is 10.9 Å². The van der Waals surface area contributed by atoms with Gasteiger partial charge in [-0.25, -0.2) is 4.79 Å². The summed E-state index contributed by atoms with van der Waals surface area (Å²) in [7, 11) is 1.34. The molecule has 1 amide bonds. The molecule has 0 unspecified atom stereocenters. The van der Waals surface area contributed by atoms with E-state index in [-0.39, 0.29) is 5.91 Å². The van der Waals surface area contributed by atoms with Crippen LogP contribution < -0.4 is 5.32 Å². The molecule has 7 heteroatoms. The van der Waals surface area contributed by atoms with Crippen molar-refractivity contribution in [3.05, 3.63) is 36.0 Å². The van der Waals surface area contributed by atoms with Crippen LogP contribution in [0.1, 0.15) is 23.2 Å². The maximum absolute atomic E-state index is 12.3. The summed E-state index contributed by atoms with van der Waals surface area (Å²) in [6.07, 6.45) is 2.77. The van der Waals surface area contributed by atoms with E-state index in [2.05, 4.69) is 15.2 Å². The van der Waals surface area contributed by atoms with Crippen molar-refractivity contribution in [3.63, 3.8) is 0 Å². The van der Waals surface area contributed by atoms with Crippen LogP contribution in [-0.4, -0.2) is 61.7 Å². The molecule has 2 aromatic rings. The number of amides is 1. The Labute approximate surface area is 152 Å². The van der Waals surface area contributed by atoms with Gasteiger partial charge in [0.15, 0.2) is 0 Å². The van der Waals surface area contributed by atoms with Gasteiger partial charge in [-0.3, -0.25) is 14.7 Å². The summed E-state index contributed by atoms with van der Waals surface area (Å²) >= 11 is 0. The number of methoxy groups -OCH3 is 1. The van der Waals surface area contributed by atoms with Crippen LogP contribution in [-0.2, 0) is 14.3 Å². The number of morpholine rings is 1. The van der Waals surface area contributed by atoms with Crippen molar-refractivity contribution in [2.75, 3.05) is 45.3 Å². The van der Waals surface area contributed by atoms with Crippen molar-refractivity contribution >= 4 is 28.5 Å². The summed E-state index contributed by atoms with van der Waals surface area (Å²) in [5.41, 5.74) is 1.61. The monoisotopic (exact) mass is 357 g/mol. The molecule has 0 spiro atoms. The molecule has 7 nitrogen and oxygen atoms in total. The first-order valence-electron chi connectivity index (χ1n) is 8.75. The van der Waals surface area contributed by atoms with Gasteiger partial charge < -0.3 is 14.8 Å². The van der Waals surface area contributed by atoms with Crippen molar-refractivity contribution in [2.45, 2.75) is 12.8 Å². The fraction of sp³-hybridized carbons (Fsp3) is 0.421. The van der Waals surface area contributed by atoms with Gasteiger partial charge in [-0.05, 0) is 25.1 Å². The molecule has 0 atom stereocenters. The quantitative estimate of drug-likeness (QED) is 0.797. The Balaban J connectivity index is 1.64. The number of hydrogen-bond donors (Lipinski definition) is 1. The minimum Gasteiger partial charge on any atom is -0.465 e. The first-order valence-corrected chi connectivity index (χ1v) is 8.75. The summed E-state index contributed by atoms with van der Waals surface area (Å²) in [6, 6.07) is 6.99. The number of nitrogens with zero attached hydrogens (tertiary/aromatic N) is 2. The topological polar surface area (TPSA) is 80.8 Å². The number of aromatic nitrogens is 1. The van der Waals surface area contributed by atoms with Gasteiger partial charge in [0.05, 0.1) is 37.1 Å². The lowest BCUT2D eigenvalue weighted by molar-refractivity contribution is -0.116. The standard InChI is InChI=1S/C19H23N3O4/c1-25-19(24)15-7-8-20-18-14(15)4-2-5-16(18)21-17(23)6-3-9-22-10-12-26-13-11-22/h2,4-5,7-8H,3,6,9-13H2,1H3,(H,21,23). The van der Waals surface area contributed by atoms with Crippen LogP contribution in [0.3, 0.4) is 0 Å². The predicted molar refractivity (Wildman–Crippen MR) is 98.2 cm³/mol. The van der Waals surface area contributed by atoms with Crippen LogP contribution >= 0.6 is 0 Å². The second-order valence-corrected chi connectivity index (χ2v) is 6.16. The lowest BCUT2D eigenvalue weighted by Crippen LogP contribution is -2.37. The minimum absolute atomic E-state index is 0.0592. The number of ether oxygens (including phenoxy) is 2. The van der Waals surface area contributed by atoms with Gasteiger partial charge >= 0.3 is 5.97 Å². The Kier molecular flexibility index (Phi) is 6.14. The van der Waals surface area contributed by atoms with E-state index >= 15 is 0 Å². The molecule has 1 aliphatic rings. The zero-order valence-corrected chi connectivity index (χ0v) is 14.9. The normalized spacial score (nSPS) is 15.0. The Hall–Kier alpha value is -2.51. The summed E-state index contributed by atoms with van der Waals surface area (Å²) in [6.45, 7) is 4.25. The van der Waals surface area contributed by atoms with Crippen molar-refractivity contribution in [3.8, 4) is 0 Å². The SMILES string of the molecule is COC(=O)c1ccnc2c(NC(=O)CCCN3CCOCC3)cccc12. The average Bonchev–Trinajstić information content (AvgIpc) is 2.68. The third kappa shape index (κ3) is 4.36. The van der Waals surface area contributed by atoms with Crippen molar-refractivity contribution in [1.29, 1.82) is 0 Å². The minimum atomic E-state index is -0.425. The number of carbonyl (C=O) groups excluding carboxylic acids is 2. The Morgan fingerprint density at radius 1 is 1.27 bits per heavy atom. The van der Waals surface area contributed by atoms with Gasteiger partial charge in [-0.1, -0.05) is 12.1 Å². The summed E-state index contributed by atoms with van der Waals surface area (Å²) in [4.78, 5) is 30.8. The predicted octanol–water partition coefficient (Wildman–Crippen LogP) is 2.07. The molecule has 0 bridgehead atoms. The number of anilines is 1. The van der Waals surface area contributed by atoms with Gasteiger partial charge in [0, 0.05) is 31.1 Å². The maximum Gasteiger partial charge on any atom is 0.338 e. The van der Waals surface area contributed by atoms with Gasteiger partial charge in [-0.2, -0.15) is 0 Å². The zero-order valence-electron chi connectivity index (χ0n) is 14.9. The highest BCUT2D eigenvalue weighted by Gasteiger charge is 2.14. The van der Waals surface area contributed by atoms with Crippen LogP contribution in [0.2, 0.25) is 0 Å². The van der Waals surface area contributed by atoms with Crippen molar-refractivity contribution < 1.29 is 19.1 Å². The second-order valence-electron chi connectivity index (χ2n) is 6.16. The summed E-state index contributed by atoms with van der Waals surface area (Å²) < 4.78 is 10.1. The van der Waals surface area contributed by atoms with E-state index < -0.39 is 5.97 Å². The number of nitrogens with one attached hydrogen (secondary N) is 1. The zero-order chi connectivity index (χ0) is 18.4. The van der Waals surface area contributed by atoms with Gasteiger partial charge in [0.2, 0.25) is 5.91 Å². The van der Waals surface area contributed by atoms with E-state index in [1.807, 2.05) is 0 Å². The third-order valence-corrected chi connectivity index (χ3v) is 4.43. The Morgan fingerprint density at radius 3 is 2.85 bits per heavy atom. The first kappa shape index (κ1) is 18.3. The van der Waals surface area contributed by atoms with Crippen LogP contribution in [0.15, 0.2) is 30.5 Å². The molecule has 1 aromatic carbocycles. The van der Waals surface area contributed by atoms with Crippen LogP contribution in [0.5, 0.6) is 0 Å². The van der Waals surface area contributed by atoms with E-state index in [4.69, 9.17) is 9.47 Å². The molecule has 0 radical (unpaired) electrons. The fourth-order valence-electron chi connectivity index (χ4n) is 3.07. The molecule has 1 saturated heterocycles. The van der Waals surface area contributed by atoms with E-state index in [0.717, 1.165) is 39.3 Å². The van der Waals surface area contributed by atoms with Crippen molar-refractivity contribution in [1.82, 2.24) is 9.88 Å². The van der Waals surface area contributed by atoms with E-state index in [1.54, 1.807) is 30.5 Å². The smallest absolute Gasteiger partial charge is 0.338 e. The summed E-state index contributed by atoms with van der Waals surface area (Å²) in [5, 5.41) is 3.57. The summed E-state index contributed by atoms with van der Waals surface area (Å²) in [5.74, 6) is -0.484. The van der Waals surface area contributed by atoms with Crippen LogP contribution in [0, 0.1) is 0 Å². The highest BCUT2D eigenvalue weighted by atomic mass is 16.5. The Morgan fingerprint density at radius 2 is 2.08 bits per heavy atom. The largest absolute Gasteiger partial charge is 0.465 e. The first-order chi connectivity index (χ1) is 12.7. The number of para-hydroxylation sites is 1. The van der Waals surface area contributed by atoms with Crippen LogP contribution in [0.4, 0.5) is 5.69 Å². The van der Waals surface area contributed by atoms with Gasteiger partial charge in [0.25, 0.3) is 0 Å². The number of benzene rings is 1. The van der Waals surface area contributed by atoms with E-state index in [1.165, 1.54) is 7.11 Å². The maximum atomic E-state index is 12.3. The number of hydrogen-bond acceptors (Lipinski definition) is 6. The molecule has 1 fully saturated rings. The molecular weight excluding hydrogens is 334 g/mol. The lowest BCUT2D eigenvalue weighted by atomic mass is 10.1. The second kappa shape index (κ2) is 8.73. The molecule has 138 valence electrons. The highest BCUT2D eigenvalue weighted by Crippen LogP contribution is 2.24. The number of esters is 1. The fourth-order valence-corrected chi connectivity index (χ4v) is 3.07. The van der Waals surface area contributed by atoms with Gasteiger partial charge in [0.1, 0.15) is 0 Å². The third-order valence-electron chi connectivity index (χ3n) is 4.43. The van der Waals surface area contributed by atoms with E-state index in [0.29, 0.717) is 28.6 Å². The number of carbonyl (C=O) groups is 2. The van der Waals surface area contributed by atoms with Crippen molar-refractivity contribution in [2.24, 2.45) is 0 Å². The number of pyridine rings is 1. The highest BCUT2D eigenvalue weighted by molar-refractivity contribution is 6.08. The lowest BCUT2D eigenvalue weighted by Gasteiger charge is -2.26. The molecule has 1 N–H and O–H groups in total. The molecule has 1 aliphatic heterocycles. The number of fused-ring (bicyclic) bond motifs is 1. The molecule has 26 heavy (non-hydrogen) atoms. The molecular formula is C19H23N3O4. The molecule has 1 aromatic heterocycles. The Bertz CT molecular complexity index is 787.